The molecule has 3 heteroatoms. The monoisotopic (exact) mass is 480 g/mol. The van der Waals surface area contributed by atoms with Crippen LogP contribution in [0.5, 0.6) is 23.0 Å². The average Bonchev–Trinajstić information content (AvgIpc) is 2.93. The Balaban J connectivity index is 1.55. The lowest BCUT2D eigenvalue weighted by Gasteiger charge is -2.32. The number of ether oxygens (including phenoxy) is 1. The molecule has 0 saturated carbocycles. The van der Waals surface area contributed by atoms with Gasteiger partial charge in [0.05, 0.1) is 0 Å². The summed E-state index contributed by atoms with van der Waals surface area (Å²) in [4.78, 5) is 0. The van der Waals surface area contributed by atoms with Gasteiger partial charge in [-0.3, -0.25) is 0 Å². The summed E-state index contributed by atoms with van der Waals surface area (Å²) < 4.78 is 6.59. The van der Waals surface area contributed by atoms with E-state index in [0.29, 0.717) is 0 Å². The Bertz CT molecular complexity index is 1820. The molecule has 0 spiro atoms. The van der Waals surface area contributed by atoms with Gasteiger partial charge >= 0.3 is 0 Å². The van der Waals surface area contributed by atoms with Crippen LogP contribution in [0.3, 0.4) is 0 Å². The Hall–Kier alpha value is -4.76. The van der Waals surface area contributed by atoms with Crippen LogP contribution in [-0.2, 0) is 0 Å². The highest BCUT2D eigenvalue weighted by molar-refractivity contribution is 5.96. The van der Waals surface area contributed by atoms with Crippen LogP contribution in [0.4, 0.5) is 0 Å². The molecule has 3 nitrogen and oxygen atoms in total. The lowest BCUT2D eigenvalue weighted by Crippen LogP contribution is -2.14. The maximum atomic E-state index is 10.4. The lowest BCUT2D eigenvalue weighted by atomic mass is 9.77. The van der Waals surface area contributed by atoms with E-state index in [2.05, 4.69) is 49.4 Å². The molecule has 0 aromatic heterocycles. The highest BCUT2D eigenvalue weighted by Crippen LogP contribution is 2.54. The second kappa shape index (κ2) is 8.14. The van der Waals surface area contributed by atoms with Gasteiger partial charge in [0.2, 0.25) is 0 Å². The largest absolute Gasteiger partial charge is 0.508 e. The minimum Gasteiger partial charge on any atom is -0.508 e. The van der Waals surface area contributed by atoms with Gasteiger partial charge in [0.15, 0.2) is 0 Å². The average molecular weight is 481 g/mol. The molecule has 0 amide bonds. The summed E-state index contributed by atoms with van der Waals surface area (Å²) >= 11 is 0. The van der Waals surface area contributed by atoms with Crippen LogP contribution < -0.4 is 4.74 Å². The standard InChI is InChI=1S/C34H24O3/c1-20-17-25-12-15-27(36)19-29(25)33-31(24-9-7-22(8-10-24)21-5-3-2-4-6-21)32-28-18-26(35)14-11-23(28)13-16-30(32)37-34(20)33/h2-19,31,35-36H,1H3. The van der Waals surface area contributed by atoms with Crippen molar-refractivity contribution in [2.75, 3.05) is 0 Å². The van der Waals surface area contributed by atoms with E-state index < -0.39 is 0 Å². The molecular weight excluding hydrogens is 456 g/mol. The highest BCUT2D eigenvalue weighted by atomic mass is 16.5. The highest BCUT2D eigenvalue weighted by Gasteiger charge is 2.33. The van der Waals surface area contributed by atoms with Crippen LogP contribution >= 0.6 is 0 Å². The van der Waals surface area contributed by atoms with Gasteiger partial charge < -0.3 is 14.9 Å². The summed E-state index contributed by atoms with van der Waals surface area (Å²) in [7, 11) is 0. The van der Waals surface area contributed by atoms with E-state index in [0.717, 1.165) is 60.9 Å². The van der Waals surface area contributed by atoms with Gasteiger partial charge in [-0.05, 0) is 87.1 Å². The molecule has 1 atom stereocenters. The maximum Gasteiger partial charge on any atom is 0.135 e. The fourth-order valence-electron chi connectivity index (χ4n) is 5.74. The number of fused-ring (bicyclic) bond motifs is 6. The third-order valence-corrected chi connectivity index (χ3v) is 7.45. The van der Waals surface area contributed by atoms with Crippen LogP contribution in [0.25, 0.3) is 32.7 Å². The van der Waals surface area contributed by atoms with Gasteiger partial charge in [-0.1, -0.05) is 72.8 Å². The number of phenols is 2. The summed E-state index contributed by atoms with van der Waals surface area (Å²) in [6, 6.07) is 36.2. The molecule has 178 valence electrons. The van der Waals surface area contributed by atoms with Crippen LogP contribution in [-0.4, -0.2) is 10.2 Å². The van der Waals surface area contributed by atoms with Crippen molar-refractivity contribution in [2.45, 2.75) is 12.8 Å². The Morgan fingerprint density at radius 2 is 1.22 bits per heavy atom. The molecule has 1 unspecified atom stereocenters. The summed E-state index contributed by atoms with van der Waals surface area (Å²) in [5.74, 6) is 1.89. The number of rotatable bonds is 2. The number of aromatic hydroxyl groups is 2. The van der Waals surface area contributed by atoms with Crippen molar-refractivity contribution in [1.82, 2.24) is 0 Å². The van der Waals surface area contributed by atoms with Crippen molar-refractivity contribution < 1.29 is 14.9 Å². The first kappa shape index (κ1) is 21.5. The molecule has 7 rings (SSSR count). The van der Waals surface area contributed by atoms with Crippen molar-refractivity contribution in [2.24, 2.45) is 0 Å². The molecule has 37 heavy (non-hydrogen) atoms. The van der Waals surface area contributed by atoms with Crippen molar-refractivity contribution in [3.05, 3.63) is 131 Å². The maximum absolute atomic E-state index is 10.4. The topological polar surface area (TPSA) is 49.7 Å². The summed E-state index contributed by atoms with van der Waals surface area (Å²) in [5.41, 5.74) is 6.53. The second-order valence-corrected chi connectivity index (χ2v) is 9.75. The normalized spacial score (nSPS) is 14.2. The number of hydrogen-bond donors (Lipinski definition) is 2. The van der Waals surface area contributed by atoms with Crippen LogP contribution in [0.1, 0.15) is 28.2 Å². The van der Waals surface area contributed by atoms with Gasteiger partial charge in [-0.2, -0.15) is 0 Å². The Kier molecular flexibility index (Phi) is 4.73. The number of benzene rings is 6. The molecule has 2 N–H and O–H groups in total. The van der Waals surface area contributed by atoms with E-state index in [9.17, 15) is 10.2 Å². The smallest absolute Gasteiger partial charge is 0.135 e. The van der Waals surface area contributed by atoms with Gasteiger partial charge in [0.25, 0.3) is 0 Å². The minimum absolute atomic E-state index is 0.154. The SMILES string of the molecule is Cc1cc2ccc(O)cc2c2c1Oc1ccc3ccc(O)cc3c1C2c1ccc(-c2ccccc2)cc1. The van der Waals surface area contributed by atoms with E-state index in [1.807, 2.05) is 54.6 Å². The number of phenolic OH excluding ortho intramolecular Hbond substituents is 2. The van der Waals surface area contributed by atoms with E-state index in [1.165, 1.54) is 5.56 Å². The van der Waals surface area contributed by atoms with Gasteiger partial charge in [0.1, 0.15) is 23.0 Å². The van der Waals surface area contributed by atoms with Crippen molar-refractivity contribution in [3.8, 4) is 34.1 Å². The molecule has 6 aromatic rings. The van der Waals surface area contributed by atoms with E-state index >= 15 is 0 Å². The first-order valence-electron chi connectivity index (χ1n) is 12.4. The third kappa shape index (κ3) is 3.43. The summed E-state index contributed by atoms with van der Waals surface area (Å²) in [6.45, 7) is 2.07. The Morgan fingerprint density at radius 1 is 0.595 bits per heavy atom. The molecule has 1 aliphatic rings. The van der Waals surface area contributed by atoms with Crippen molar-refractivity contribution in [3.63, 3.8) is 0 Å². The Morgan fingerprint density at radius 3 is 1.95 bits per heavy atom. The van der Waals surface area contributed by atoms with Crippen LogP contribution in [0.15, 0.2) is 109 Å². The molecule has 0 aliphatic carbocycles. The zero-order chi connectivity index (χ0) is 25.1. The first-order valence-corrected chi connectivity index (χ1v) is 12.4. The van der Waals surface area contributed by atoms with Crippen LogP contribution in [0.2, 0.25) is 0 Å². The van der Waals surface area contributed by atoms with E-state index in [4.69, 9.17) is 4.74 Å². The fourth-order valence-corrected chi connectivity index (χ4v) is 5.74. The zero-order valence-electron chi connectivity index (χ0n) is 20.3. The summed E-state index contributed by atoms with van der Waals surface area (Å²) in [5, 5.41) is 24.9. The molecule has 0 radical (unpaired) electrons. The van der Waals surface area contributed by atoms with Crippen LogP contribution in [0, 0.1) is 6.92 Å². The predicted octanol–water partition coefficient (Wildman–Crippen LogP) is 8.67. The fraction of sp³-hybridized carbons (Fsp3) is 0.0588. The van der Waals surface area contributed by atoms with Gasteiger partial charge in [-0.15, -0.1) is 0 Å². The minimum atomic E-state index is -0.154. The molecular formula is C34H24O3. The molecule has 6 aromatic carbocycles. The van der Waals surface area contributed by atoms with Gasteiger partial charge in [-0.25, -0.2) is 0 Å². The lowest BCUT2D eigenvalue weighted by molar-refractivity contribution is 0.452. The zero-order valence-corrected chi connectivity index (χ0v) is 20.3. The molecule has 0 fully saturated rings. The van der Waals surface area contributed by atoms with Gasteiger partial charge in [0, 0.05) is 17.0 Å². The van der Waals surface area contributed by atoms with E-state index in [-0.39, 0.29) is 17.4 Å². The van der Waals surface area contributed by atoms with E-state index in [1.54, 1.807) is 12.1 Å². The van der Waals surface area contributed by atoms with Crippen molar-refractivity contribution >= 4 is 21.5 Å². The predicted molar refractivity (Wildman–Crippen MR) is 149 cm³/mol. The number of aryl methyl sites for hydroxylation is 1. The molecule has 1 aliphatic heterocycles. The quantitative estimate of drug-likeness (QED) is 0.260. The molecule has 0 bridgehead atoms. The molecule has 0 saturated heterocycles. The Labute approximate surface area is 214 Å². The second-order valence-electron chi connectivity index (χ2n) is 9.75. The third-order valence-electron chi connectivity index (χ3n) is 7.45. The first-order chi connectivity index (χ1) is 18.1. The summed E-state index contributed by atoms with van der Waals surface area (Å²) in [6.07, 6.45) is 0. The van der Waals surface area contributed by atoms with Crippen molar-refractivity contribution in [1.29, 1.82) is 0 Å². The number of hydrogen-bond acceptors (Lipinski definition) is 3. The molecule has 1 heterocycles.